The summed E-state index contributed by atoms with van der Waals surface area (Å²) in [7, 11) is 1.35. The fraction of sp³-hybridized carbons (Fsp3) is 0.552. The van der Waals surface area contributed by atoms with Gasteiger partial charge < -0.3 is 20.1 Å². The molecule has 0 bridgehead atoms. The van der Waals surface area contributed by atoms with Gasteiger partial charge in [-0.05, 0) is 205 Å². The molecular formula is C58H90O4. The molecule has 0 aliphatic heterocycles. The maximum atomic E-state index is 10.4. The molecule has 0 fully saturated rings. The first kappa shape index (κ1) is 55.8. The summed E-state index contributed by atoms with van der Waals surface area (Å²) in [5, 5.41) is 30.9. The Morgan fingerprint density at radius 1 is 0.355 bits per heavy atom. The third-order valence-electron chi connectivity index (χ3n) is 12.0. The minimum absolute atomic E-state index is 0.0955. The molecule has 0 aliphatic carbocycles. The zero-order chi connectivity index (χ0) is 46.5. The molecule has 1 aromatic rings. The van der Waals surface area contributed by atoms with E-state index < -0.39 is 5.75 Å². The fourth-order valence-electron chi connectivity index (χ4n) is 7.45. The fourth-order valence-corrected chi connectivity index (χ4v) is 7.45. The second-order valence-electron chi connectivity index (χ2n) is 18.5. The Labute approximate surface area is 381 Å². The van der Waals surface area contributed by atoms with Crippen molar-refractivity contribution >= 4 is 0 Å². The van der Waals surface area contributed by atoms with Crippen LogP contribution in [0.25, 0.3) is 0 Å². The van der Waals surface area contributed by atoms with Crippen LogP contribution in [0.3, 0.4) is 0 Å². The van der Waals surface area contributed by atoms with Crippen molar-refractivity contribution in [2.45, 2.75) is 205 Å². The smallest absolute Gasteiger partial charge is 0.207 e. The molecule has 0 saturated heterocycles. The van der Waals surface area contributed by atoms with E-state index in [4.69, 9.17) is 4.74 Å². The molecule has 0 aromatic heterocycles. The van der Waals surface area contributed by atoms with Gasteiger partial charge in [-0.15, -0.1) is 0 Å². The topological polar surface area (TPSA) is 69.9 Å². The highest BCUT2D eigenvalue weighted by molar-refractivity contribution is 5.65. The van der Waals surface area contributed by atoms with Gasteiger partial charge in [0.25, 0.3) is 0 Å². The summed E-state index contributed by atoms with van der Waals surface area (Å²) in [6.45, 7) is 26.4. The van der Waals surface area contributed by atoms with E-state index in [-0.39, 0.29) is 17.2 Å². The van der Waals surface area contributed by atoms with E-state index >= 15 is 0 Å². The summed E-state index contributed by atoms with van der Waals surface area (Å²) in [4.78, 5) is 0. The normalized spacial score (nSPS) is 14.2. The highest BCUT2D eigenvalue weighted by Gasteiger charge is 2.21. The van der Waals surface area contributed by atoms with Crippen molar-refractivity contribution in [3.8, 4) is 23.0 Å². The molecule has 0 aliphatic rings. The summed E-state index contributed by atoms with van der Waals surface area (Å²) in [5.41, 5.74) is 15.6. The van der Waals surface area contributed by atoms with Gasteiger partial charge in [-0.1, -0.05) is 116 Å². The van der Waals surface area contributed by atoms with Gasteiger partial charge in [0.2, 0.25) is 11.5 Å². The van der Waals surface area contributed by atoms with Gasteiger partial charge in [0.15, 0.2) is 11.5 Å². The number of phenols is 3. The van der Waals surface area contributed by atoms with Gasteiger partial charge in [0.05, 0.1) is 7.11 Å². The summed E-state index contributed by atoms with van der Waals surface area (Å²) in [6, 6.07) is 0. The largest absolute Gasteiger partial charge is 0.504 e. The predicted molar refractivity (Wildman–Crippen MR) is 273 cm³/mol. The van der Waals surface area contributed by atoms with E-state index in [2.05, 4.69) is 137 Å². The molecule has 3 N–H and O–H groups in total. The SMILES string of the molecule is COc1c(O)c(C)c(CC=C(C)CCC=C(C)CCC=C(C)CCC=C(C)CCC=C(C)CCC=C(C)CCC=C(C)CCC=C(C)CCC=C(C)CCC=C(C)C)c(O)c1O. The Bertz CT molecular complexity index is 1790. The number of phenolic OH excluding ortho intramolecular Hbond substituents is 3. The standard InChI is InChI=1S/C58H90O4/c1-43(2)23-14-24-44(3)25-15-26-45(4)27-16-28-46(5)29-17-30-47(6)31-18-32-48(7)33-19-34-49(8)35-20-36-50(9)37-21-38-51(10)39-22-40-52(11)41-42-54-53(12)55(59)58(62-13)57(61)56(54)60/h23,25,27,29,31,33,35,37,39,41,59-61H,14-22,24,26,28,30,32,34,36,38,40,42H2,1-13H3. The number of ether oxygens (including phenoxy) is 1. The highest BCUT2D eigenvalue weighted by Crippen LogP contribution is 2.47. The Balaban J connectivity index is 2.30. The van der Waals surface area contributed by atoms with Crippen molar-refractivity contribution in [2.75, 3.05) is 7.11 Å². The second-order valence-corrected chi connectivity index (χ2v) is 18.5. The molecule has 1 aromatic carbocycles. The number of methoxy groups -OCH3 is 1. The first-order chi connectivity index (χ1) is 29.4. The van der Waals surface area contributed by atoms with Crippen molar-refractivity contribution in [1.29, 1.82) is 0 Å². The zero-order valence-corrected chi connectivity index (χ0v) is 42.0. The maximum Gasteiger partial charge on any atom is 0.207 e. The molecule has 0 radical (unpaired) electrons. The average molecular weight is 851 g/mol. The van der Waals surface area contributed by atoms with Gasteiger partial charge in [-0.3, -0.25) is 0 Å². The van der Waals surface area contributed by atoms with Gasteiger partial charge in [0.1, 0.15) is 0 Å². The number of rotatable bonds is 30. The van der Waals surface area contributed by atoms with Gasteiger partial charge in [-0.2, -0.15) is 0 Å². The van der Waals surface area contributed by atoms with Crippen LogP contribution in [0.15, 0.2) is 116 Å². The molecule has 62 heavy (non-hydrogen) atoms. The van der Waals surface area contributed by atoms with Crippen LogP contribution in [0.4, 0.5) is 0 Å². The quantitative estimate of drug-likeness (QED) is 0.0410. The van der Waals surface area contributed by atoms with Gasteiger partial charge in [0, 0.05) is 11.1 Å². The van der Waals surface area contributed by atoms with Crippen molar-refractivity contribution in [3.05, 3.63) is 128 Å². The highest BCUT2D eigenvalue weighted by atomic mass is 16.5. The third kappa shape index (κ3) is 25.7. The Morgan fingerprint density at radius 2 is 0.597 bits per heavy atom. The minimum Gasteiger partial charge on any atom is -0.504 e. The maximum absolute atomic E-state index is 10.4. The number of aromatic hydroxyl groups is 3. The average Bonchev–Trinajstić information content (AvgIpc) is 3.20. The van der Waals surface area contributed by atoms with Crippen LogP contribution in [0.2, 0.25) is 0 Å². The molecule has 0 spiro atoms. The first-order valence-corrected chi connectivity index (χ1v) is 23.8. The summed E-state index contributed by atoms with van der Waals surface area (Å²) >= 11 is 0. The Hall–Kier alpha value is -4.18. The predicted octanol–water partition coefficient (Wildman–Crippen LogP) is 18.2. The molecule has 4 nitrogen and oxygen atoms in total. The van der Waals surface area contributed by atoms with Crippen LogP contribution in [-0.2, 0) is 6.42 Å². The summed E-state index contributed by atoms with van der Waals surface area (Å²) in [5.74, 6) is -0.889. The zero-order valence-electron chi connectivity index (χ0n) is 42.0. The molecule has 0 atom stereocenters. The van der Waals surface area contributed by atoms with E-state index in [0.29, 0.717) is 17.5 Å². The number of hydrogen-bond donors (Lipinski definition) is 3. The lowest BCUT2D eigenvalue weighted by atomic mass is 9.99. The Morgan fingerprint density at radius 3 is 0.839 bits per heavy atom. The number of benzene rings is 1. The van der Waals surface area contributed by atoms with Crippen LogP contribution in [0.5, 0.6) is 23.0 Å². The summed E-state index contributed by atoms with van der Waals surface area (Å²) in [6.07, 6.45) is 44.3. The van der Waals surface area contributed by atoms with E-state index in [1.807, 2.05) is 0 Å². The number of allylic oxidation sites excluding steroid dienone is 20. The van der Waals surface area contributed by atoms with Crippen LogP contribution in [0.1, 0.15) is 203 Å². The molecule has 0 saturated carbocycles. The lowest BCUT2D eigenvalue weighted by Gasteiger charge is -2.15. The minimum atomic E-state index is -0.421. The van der Waals surface area contributed by atoms with E-state index in [1.165, 1.54) is 82.1 Å². The van der Waals surface area contributed by atoms with Gasteiger partial charge in [-0.25, -0.2) is 0 Å². The van der Waals surface area contributed by atoms with Crippen molar-refractivity contribution in [3.63, 3.8) is 0 Å². The third-order valence-corrected chi connectivity index (χ3v) is 12.0. The lowest BCUT2D eigenvalue weighted by Crippen LogP contribution is -1.95. The van der Waals surface area contributed by atoms with Crippen LogP contribution in [-0.4, -0.2) is 22.4 Å². The summed E-state index contributed by atoms with van der Waals surface area (Å²) < 4.78 is 5.03. The monoisotopic (exact) mass is 851 g/mol. The van der Waals surface area contributed by atoms with Crippen molar-refractivity contribution < 1.29 is 20.1 Å². The van der Waals surface area contributed by atoms with E-state index in [9.17, 15) is 15.3 Å². The molecule has 0 unspecified atom stereocenters. The number of hydrogen-bond acceptors (Lipinski definition) is 4. The molecular weight excluding hydrogens is 761 g/mol. The van der Waals surface area contributed by atoms with Crippen LogP contribution in [0, 0.1) is 6.92 Å². The Kier molecular flexibility index (Phi) is 29.3. The first-order valence-electron chi connectivity index (χ1n) is 23.8. The second kappa shape index (κ2) is 32.5. The van der Waals surface area contributed by atoms with Gasteiger partial charge >= 0.3 is 0 Å². The molecule has 4 heteroatoms. The molecule has 346 valence electrons. The van der Waals surface area contributed by atoms with Crippen molar-refractivity contribution in [1.82, 2.24) is 0 Å². The molecule has 0 heterocycles. The van der Waals surface area contributed by atoms with E-state index in [0.717, 1.165) is 96.3 Å². The van der Waals surface area contributed by atoms with Crippen LogP contribution < -0.4 is 4.74 Å². The lowest BCUT2D eigenvalue weighted by molar-refractivity contribution is 0.326. The van der Waals surface area contributed by atoms with Crippen LogP contribution >= 0.6 is 0 Å². The van der Waals surface area contributed by atoms with E-state index in [1.54, 1.807) is 6.92 Å². The van der Waals surface area contributed by atoms with Crippen molar-refractivity contribution in [2.24, 2.45) is 0 Å². The molecule has 1 rings (SSSR count). The molecule has 0 amide bonds.